The van der Waals surface area contributed by atoms with Crippen molar-refractivity contribution in [3.05, 3.63) is 35.9 Å². The van der Waals surface area contributed by atoms with Crippen LogP contribution in [0.2, 0.25) is 0 Å². The molecule has 1 unspecified atom stereocenters. The zero-order chi connectivity index (χ0) is 10.8. The Hall–Kier alpha value is -0.350. The van der Waals surface area contributed by atoms with Crippen LogP contribution < -0.4 is 0 Å². The van der Waals surface area contributed by atoms with Crippen LogP contribution in [0.5, 0.6) is 0 Å². The van der Waals surface area contributed by atoms with E-state index in [1.54, 1.807) is 0 Å². The van der Waals surface area contributed by atoms with Crippen LogP contribution >= 0.6 is 8.58 Å². The van der Waals surface area contributed by atoms with Gasteiger partial charge in [0.25, 0.3) is 0 Å². The third-order valence-corrected chi connectivity index (χ3v) is 4.15. The third kappa shape index (κ3) is 6.68. The Labute approximate surface area is 96.3 Å². The Morgan fingerprint density at radius 2 is 1.73 bits per heavy atom. The molecule has 0 N–H and O–H groups in total. The van der Waals surface area contributed by atoms with Crippen LogP contribution in [0, 0.1) is 0 Å². The maximum atomic E-state index is 2.28. The molecule has 0 saturated heterocycles. The second-order valence-corrected chi connectivity index (χ2v) is 5.55. The summed E-state index contributed by atoms with van der Waals surface area (Å²) < 4.78 is 0. The van der Waals surface area contributed by atoms with Crippen molar-refractivity contribution in [3.8, 4) is 0 Å². The maximum Gasteiger partial charge on any atom is -0.0279 e. The van der Waals surface area contributed by atoms with E-state index in [-0.39, 0.29) is 0 Å². The predicted molar refractivity (Wildman–Crippen MR) is 72.3 cm³/mol. The average molecular weight is 222 g/mol. The van der Waals surface area contributed by atoms with Crippen molar-refractivity contribution >= 4 is 8.58 Å². The lowest BCUT2D eigenvalue weighted by atomic mass is 10.1. The van der Waals surface area contributed by atoms with Crippen LogP contribution in [0.15, 0.2) is 30.3 Å². The number of unbranched alkanes of at least 4 members (excludes halogenated alkanes) is 2. The molecular formula is C14H23P. The second-order valence-electron chi connectivity index (χ2n) is 4.05. The largest absolute Gasteiger partial charge is 0.122 e. The standard InChI is InChI=1S/C14H23P/c1-2-12-15-13-8-4-7-11-14-9-5-3-6-10-14/h3,5-6,9-10,15H,2,4,7-8,11-13H2,1H3. The molecule has 0 amide bonds. The topological polar surface area (TPSA) is 0 Å². The Morgan fingerprint density at radius 1 is 0.933 bits per heavy atom. The lowest BCUT2D eigenvalue weighted by Gasteiger charge is -2.02. The summed E-state index contributed by atoms with van der Waals surface area (Å²) in [6, 6.07) is 10.8. The molecule has 0 aliphatic rings. The molecule has 1 aromatic carbocycles. The molecule has 0 nitrogen and oxygen atoms in total. The molecule has 0 fully saturated rings. The van der Waals surface area contributed by atoms with Crippen molar-refractivity contribution in [3.63, 3.8) is 0 Å². The molecule has 0 saturated carbocycles. The molecule has 1 atom stereocenters. The summed E-state index contributed by atoms with van der Waals surface area (Å²) in [4.78, 5) is 0. The first-order valence-electron chi connectivity index (χ1n) is 6.18. The Morgan fingerprint density at radius 3 is 2.47 bits per heavy atom. The molecule has 0 spiro atoms. The highest BCUT2D eigenvalue weighted by molar-refractivity contribution is 7.37. The van der Waals surface area contributed by atoms with Gasteiger partial charge in [-0.3, -0.25) is 0 Å². The summed E-state index contributed by atoms with van der Waals surface area (Å²) in [5, 5.41) is 0. The van der Waals surface area contributed by atoms with E-state index in [9.17, 15) is 0 Å². The van der Waals surface area contributed by atoms with Gasteiger partial charge in [-0.25, -0.2) is 0 Å². The summed E-state index contributed by atoms with van der Waals surface area (Å²) in [5.41, 5.74) is 1.49. The van der Waals surface area contributed by atoms with Gasteiger partial charge >= 0.3 is 0 Å². The monoisotopic (exact) mass is 222 g/mol. The van der Waals surface area contributed by atoms with E-state index in [2.05, 4.69) is 37.3 Å². The molecule has 15 heavy (non-hydrogen) atoms. The van der Waals surface area contributed by atoms with Crippen molar-refractivity contribution in [2.45, 2.75) is 39.0 Å². The SMILES string of the molecule is CCCPCCCCCc1ccccc1. The molecule has 1 rings (SSSR count). The number of benzene rings is 1. The van der Waals surface area contributed by atoms with Crippen LogP contribution in [0.25, 0.3) is 0 Å². The molecule has 0 aromatic heterocycles. The molecule has 0 bridgehead atoms. The van der Waals surface area contributed by atoms with Gasteiger partial charge in [0.15, 0.2) is 0 Å². The van der Waals surface area contributed by atoms with Gasteiger partial charge in [0, 0.05) is 0 Å². The lowest BCUT2D eigenvalue weighted by Crippen LogP contribution is -1.86. The van der Waals surface area contributed by atoms with Gasteiger partial charge in [0.1, 0.15) is 0 Å². The quantitative estimate of drug-likeness (QED) is 0.449. The zero-order valence-corrected chi connectivity index (χ0v) is 10.8. The summed E-state index contributed by atoms with van der Waals surface area (Å²) >= 11 is 0. The van der Waals surface area contributed by atoms with Gasteiger partial charge in [-0.2, -0.15) is 0 Å². The average Bonchev–Trinajstić information content (AvgIpc) is 2.29. The summed E-state index contributed by atoms with van der Waals surface area (Å²) in [7, 11) is 1.21. The first kappa shape index (κ1) is 12.7. The van der Waals surface area contributed by atoms with Gasteiger partial charge in [-0.05, 0) is 37.1 Å². The van der Waals surface area contributed by atoms with E-state index in [1.165, 1.54) is 58.6 Å². The summed E-state index contributed by atoms with van der Waals surface area (Å²) in [6.07, 6.45) is 9.74. The fourth-order valence-electron chi connectivity index (χ4n) is 1.70. The predicted octanol–water partition coefficient (Wildman–Crippen LogP) is 4.49. The molecule has 1 heteroatoms. The van der Waals surface area contributed by atoms with Gasteiger partial charge in [0.2, 0.25) is 0 Å². The van der Waals surface area contributed by atoms with Crippen LogP contribution in [0.3, 0.4) is 0 Å². The van der Waals surface area contributed by atoms with Gasteiger partial charge in [-0.1, -0.05) is 50.1 Å². The fourth-order valence-corrected chi connectivity index (χ4v) is 2.81. The smallest absolute Gasteiger partial charge is 0.0279 e. The highest BCUT2D eigenvalue weighted by Gasteiger charge is 1.92. The van der Waals surface area contributed by atoms with Gasteiger partial charge in [0.05, 0.1) is 0 Å². The Kier molecular flexibility index (Phi) is 7.56. The van der Waals surface area contributed by atoms with Crippen molar-refractivity contribution in [2.24, 2.45) is 0 Å². The van der Waals surface area contributed by atoms with E-state index in [0.717, 1.165) is 0 Å². The highest BCUT2D eigenvalue weighted by Crippen LogP contribution is 2.15. The molecular weight excluding hydrogens is 199 g/mol. The maximum absolute atomic E-state index is 2.28. The number of rotatable bonds is 8. The number of aryl methyl sites for hydroxylation is 1. The molecule has 0 aliphatic heterocycles. The Balaban J connectivity index is 1.93. The second kappa shape index (κ2) is 8.92. The minimum Gasteiger partial charge on any atom is -0.122 e. The minimum absolute atomic E-state index is 1.21. The summed E-state index contributed by atoms with van der Waals surface area (Å²) in [6.45, 7) is 2.28. The van der Waals surface area contributed by atoms with Crippen LogP contribution in [0.4, 0.5) is 0 Å². The van der Waals surface area contributed by atoms with E-state index in [1.807, 2.05) is 0 Å². The molecule has 1 aromatic rings. The minimum atomic E-state index is 1.21. The molecule has 0 heterocycles. The zero-order valence-electron chi connectivity index (χ0n) is 9.84. The van der Waals surface area contributed by atoms with Crippen molar-refractivity contribution in [1.82, 2.24) is 0 Å². The van der Waals surface area contributed by atoms with Crippen LogP contribution in [0.1, 0.15) is 38.2 Å². The van der Waals surface area contributed by atoms with Crippen molar-refractivity contribution in [2.75, 3.05) is 12.3 Å². The van der Waals surface area contributed by atoms with Crippen molar-refractivity contribution in [1.29, 1.82) is 0 Å². The highest BCUT2D eigenvalue weighted by atomic mass is 31.1. The third-order valence-electron chi connectivity index (χ3n) is 2.59. The normalized spacial score (nSPS) is 11.3. The number of hydrogen-bond donors (Lipinski definition) is 0. The first-order chi connectivity index (χ1) is 7.43. The van der Waals surface area contributed by atoms with Crippen LogP contribution in [-0.4, -0.2) is 12.3 Å². The van der Waals surface area contributed by atoms with Gasteiger partial charge in [-0.15, -0.1) is 8.58 Å². The van der Waals surface area contributed by atoms with Crippen molar-refractivity contribution < 1.29 is 0 Å². The van der Waals surface area contributed by atoms with Crippen LogP contribution in [-0.2, 0) is 6.42 Å². The Bertz CT molecular complexity index is 230. The number of hydrogen-bond acceptors (Lipinski definition) is 0. The van der Waals surface area contributed by atoms with E-state index in [4.69, 9.17) is 0 Å². The lowest BCUT2D eigenvalue weighted by molar-refractivity contribution is 0.721. The molecule has 0 radical (unpaired) electrons. The molecule has 0 aliphatic carbocycles. The van der Waals surface area contributed by atoms with Gasteiger partial charge < -0.3 is 0 Å². The molecule has 84 valence electrons. The van der Waals surface area contributed by atoms with E-state index < -0.39 is 0 Å². The summed E-state index contributed by atoms with van der Waals surface area (Å²) in [5.74, 6) is 0. The van der Waals surface area contributed by atoms with E-state index >= 15 is 0 Å². The van der Waals surface area contributed by atoms with E-state index in [0.29, 0.717) is 0 Å². The first-order valence-corrected chi connectivity index (χ1v) is 7.59. The fraction of sp³-hybridized carbons (Fsp3) is 0.571.